The maximum absolute atomic E-state index is 12.0. The first-order chi connectivity index (χ1) is 9.97. The second-order valence-electron chi connectivity index (χ2n) is 4.69. The lowest BCUT2D eigenvalue weighted by Crippen LogP contribution is -2.34. The third-order valence-corrected chi connectivity index (χ3v) is 3.61. The lowest BCUT2D eigenvalue weighted by Gasteiger charge is -2.16. The molecule has 114 valence electrons. The smallest absolute Gasteiger partial charge is 0.336 e. The van der Waals surface area contributed by atoms with E-state index in [0.717, 1.165) is 6.42 Å². The molecule has 0 radical (unpaired) electrons. The Morgan fingerprint density at radius 2 is 2.19 bits per heavy atom. The molecule has 1 aromatic rings. The summed E-state index contributed by atoms with van der Waals surface area (Å²) in [4.78, 5) is 23.8. The highest BCUT2D eigenvalue weighted by Crippen LogP contribution is 2.25. The molecule has 1 aliphatic rings. The van der Waals surface area contributed by atoms with E-state index in [1.807, 2.05) is 0 Å². The van der Waals surface area contributed by atoms with E-state index in [0.29, 0.717) is 28.8 Å². The quantitative estimate of drug-likeness (QED) is 0.861. The minimum Gasteiger partial charge on any atom is -0.451 e. The first-order valence-corrected chi connectivity index (χ1v) is 7.31. The predicted molar refractivity (Wildman–Crippen MR) is 79.6 cm³/mol. The van der Waals surface area contributed by atoms with E-state index in [1.165, 1.54) is 13.0 Å². The van der Waals surface area contributed by atoms with Gasteiger partial charge in [0.25, 0.3) is 5.91 Å². The molecule has 5 nitrogen and oxygen atoms in total. The van der Waals surface area contributed by atoms with Crippen molar-refractivity contribution >= 4 is 40.8 Å². The van der Waals surface area contributed by atoms with Gasteiger partial charge in [0.05, 0.1) is 10.7 Å². The number of rotatable bonds is 4. The van der Waals surface area contributed by atoms with E-state index in [9.17, 15) is 9.59 Å². The Balaban J connectivity index is 1.93. The molecule has 0 spiro atoms. The van der Waals surface area contributed by atoms with Gasteiger partial charge in [-0.3, -0.25) is 4.79 Å². The molecule has 0 saturated carbocycles. The monoisotopic (exact) mass is 331 g/mol. The van der Waals surface area contributed by atoms with Gasteiger partial charge in [-0.25, -0.2) is 4.79 Å². The number of carbonyl (C=O) groups excluding carboxylic acids is 2. The Hall–Kier alpha value is -1.30. The van der Waals surface area contributed by atoms with Crippen LogP contribution in [0.15, 0.2) is 18.2 Å². The number of esters is 1. The van der Waals surface area contributed by atoms with Crippen molar-refractivity contribution in [3.63, 3.8) is 0 Å². The highest BCUT2D eigenvalue weighted by atomic mass is 35.5. The molecule has 1 aliphatic heterocycles. The van der Waals surface area contributed by atoms with E-state index in [-0.39, 0.29) is 0 Å². The van der Waals surface area contributed by atoms with Gasteiger partial charge in [0.2, 0.25) is 0 Å². The number of halogens is 2. The van der Waals surface area contributed by atoms with Crippen molar-refractivity contribution in [3.05, 3.63) is 28.2 Å². The van der Waals surface area contributed by atoms with Crippen molar-refractivity contribution in [2.75, 3.05) is 11.9 Å². The second-order valence-corrected chi connectivity index (χ2v) is 5.54. The van der Waals surface area contributed by atoms with Gasteiger partial charge in [0.1, 0.15) is 0 Å². The minimum absolute atomic E-state index is 0.352. The molecule has 1 amide bonds. The number of hydrogen-bond donors (Lipinski definition) is 1. The van der Waals surface area contributed by atoms with Crippen molar-refractivity contribution in [3.8, 4) is 0 Å². The molecule has 21 heavy (non-hydrogen) atoms. The number of anilines is 1. The van der Waals surface area contributed by atoms with Crippen molar-refractivity contribution < 1.29 is 19.1 Å². The summed E-state index contributed by atoms with van der Waals surface area (Å²) in [5.41, 5.74) is 0.370. The van der Waals surface area contributed by atoms with E-state index in [2.05, 4.69) is 5.32 Å². The maximum atomic E-state index is 12.0. The molecule has 0 unspecified atom stereocenters. The molecule has 0 bridgehead atoms. The van der Waals surface area contributed by atoms with Gasteiger partial charge >= 0.3 is 5.97 Å². The molecule has 1 saturated heterocycles. The van der Waals surface area contributed by atoms with Crippen LogP contribution in [0.4, 0.5) is 5.69 Å². The van der Waals surface area contributed by atoms with Gasteiger partial charge in [-0.15, -0.1) is 0 Å². The normalized spacial score (nSPS) is 19.1. The highest BCUT2D eigenvalue weighted by Gasteiger charge is 2.28. The number of nitrogens with one attached hydrogen (secondary N) is 1. The van der Waals surface area contributed by atoms with Crippen molar-refractivity contribution in [1.29, 1.82) is 0 Å². The van der Waals surface area contributed by atoms with Crippen LogP contribution in [-0.2, 0) is 19.1 Å². The van der Waals surface area contributed by atoms with Crippen molar-refractivity contribution in [2.45, 2.75) is 32.0 Å². The molecule has 1 N–H and O–H groups in total. The summed E-state index contributed by atoms with van der Waals surface area (Å²) in [6.45, 7) is 2.03. The van der Waals surface area contributed by atoms with Crippen LogP contribution in [0.2, 0.25) is 10.0 Å². The van der Waals surface area contributed by atoms with Crippen molar-refractivity contribution in [2.24, 2.45) is 0 Å². The Bertz CT molecular complexity index is 544. The molecule has 1 aromatic carbocycles. The molecule has 2 atom stereocenters. The fourth-order valence-corrected chi connectivity index (χ4v) is 2.23. The van der Waals surface area contributed by atoms with Gasteiger partial charge in [-0.05, 0) is 38.0 Å². The fraction of sp³-hybridized carbons (Fsp3) is 0.429. The number of ether oxygens (including phenoxy) is 2. The Kier molecular flexibility index (Phi) is 5.45. The van der Waals surface area contributed by atoms with Crippen LogP contribution in [0.5, 0.6) is 0 Å². The zero-order valence-electron chi connectivity index (χ0n) is 11.4. The second kappa shape index (κ2) is 7.11. The zero-order chi connectivity index (χ0) is 15.4. The molecular formula is C14H15Cl2NO4. The van der Waals surface area contributed by atoms with Crippen LogP contribution < -0.4 is 5.32 Å². The Morgan fingerprint density at radius 1 is 1.43 bits per heavy atom. The van der Waals surface area contributed by atoms with Crippen LogP contribution in [0.3, 0.4) is 0 Å². The van der Waals surface area contributed by atoms with Crippen LogP contribution >= 0.6 is 23.2 Å². The average Bonchev–Trinajstić information content (AvgIpc) is 2.97. The third kappa shape index (κ3) is 4.33. The van der Waals surface area contributed by atoms with E-state index >= 15 is 0 Å². The Labute approximate surface area is 132 Å². The van der Waals surface area contributed by atoms with E-state index in [1.54, 1.807) is 12.1 Å². The number of hydrogen-bond acceptors (Lipinski definition) is 4. The summed E-state index contributed by atoms with van der Waals surface area (Å²) < 4.78 is 10.3. The summed E-state index contributed by atoms with van der Waals surface area (Å²) in [5, 5.41) is 3.37. The fourth-order valence-electron chi connectivity index (χ4n) is 1.89. The number of carbonyl (C=O) groups is 2. The standard InChI is InChI=1S/C14H15Cl2NO4/c1-8(21-14(19)12-3-2-6-20-12)13(18)17-11-7-9(15)4-5-10(11)16/h4-5,7-8,12H,2-3,6H2,1H3,(H,17,18)/t8-,12-/m1/s1. The summed E-state index contributed by atoms with van der Waals surface area (Å²) in [7, 11) is 0. The largest absolute Gasteiger partial charge is 0.451 e. The highest BCUT2D eigenvalue weighted by molar-refractivity contribution is 6.35. The Morgan fingerprint density at radius 3 is 2.86 bits per heavy atom. The SMILES string of the molecule is C[C@@H](OC(=O)[C@H]1CCCO1)C(=O)Nc1cc(Cl)ccc1Cl. The lowest BCUT2D eigenvalue weighted by molar-refractivity contribution is -0.162. The first kappa shape index (κ1) is 16.1. The van der Waals surface area contributed by atoms with Crippen LogP contribution in [0, 0.1) is 0 Å². The minimum atomic E-state index is -0.947. The van der Waals surface area contributed by atoms with E-state index in [4.69, 9.17) is 32.7 Å². The topological polar surface area (TPSA) is 64.6 Å². The third-order valence-electron chi connectivity index (χ3n) is 3.04. The van der Waals surface area contributed by atoms with Gasteiger partial charge in [-0.2, -0.15) is 0 Å². The van der Waals surface area contributed by atoms with Crippen LogP contribution in [0.25, 0.3) is 0 Å². The summed E-state index contributed by atoms with van der Waals surface area (Å²) in [6, 6.07) is 4.71. The van der Waals surface area contributed by atoms with Crippen LogP contribution in [-0.4, -0.2) is 30.7 Å². The van der Waals surface area contributed by atoms with Gasteiger partial charge in [0, 0.05) is 11.6 Å². The summed E-state index contributed by atoms with van der Waals surface area (Å²) >= 11 is 11.8. The van der Waals surface area contributed by atoms with Gasteiger partial charge in [-0.1, -0.05) is 23.2 Å². The van der Waals surface area contributed by atoms with Crippen molar-refractivity contribution in [1.82, 2.24) is 0 Å². The molecule has 7 heteroatoms. The summed E-state index contributed by atoms with van der Waals surface area (Å²) in [6.07, 6.45) is -0.0853. The van der Waals surface area contributed by atoms with Gasteiger partial charge < -0.3 is 14.8 Å². The maximum Gasteiger partial charge on any atom is 0.336 e. The number of amides is 1. The molecule has 1 heterocycles. The van der Waals surface area contributed by atoms with E-state index < -0.39 is 24.1 Å². The predicted octanol–water partition coefficient (Wildman–Crippen LogP) is 3.04. The molecule has 0 aromatic heterocycles. The van der Waals surface area contributed by atoms with Gasteiger partial charge in [0.15, 0.2) is 12.2 Å². The molecule has 1 fully saturated rings. The lowest BCUT2D eigenvalue weighted by atomic mass is 10.2. The van der Waals surface area contributed by atoms with Crippen LogP contribution in [0.1, 0.15) is 19.8 Å². The molecule has 2 rings (SSSR count). The zero-order valence-corrected chi connectivity index (χ0v) is 12.9. The summed E-state index contributed by atoms with van der Waals surface area (Å²) in [5.74, 6) is -1.00. The average molecular weight is 332 g/mol. The first-order valence-electron chi connectivity index (χ1n) is 6.55. The molecular weight excluding hydrogens is 317 g/mol. The molecule has 0 aliphatic carbocycles. The number of benzene rings is 1.